The molecule has 1 aromatic rings. The second-order valence-electron chi connectivity index (χ2n) is 5.80. The molecule has 2 nitrogen and oxygen atoms in total. The van der Waals surface area contributed by atoms with E-state index in [0.717, 1.165) is 5.56 Å². The summed E-state index contributed by atoms with van der Waals surface area (Å²) in [6, 6.07) is 10.1. The lowest BCUT2D eigenvalue weighted by molar-refractivity contribution is -0.412. The number of hydrogen-bond donors (Lipinski definition) is 0. The topological polar surface area (TPSA) is 18.5 Å². The molecule has 17 heavy (non-hydrogen) atoms. The first-order chi connectivity index (χ1) is 7.76. The minimum Gasteiger partial charge on any atom is -0.229 e. The van der Waals surface area contributed by atoms with E-state index in [0.29, 0.717) is 5.92 Å². The summed E-state index contributed by atoms with van der Waals surface area (Å²) < 4.78 is 0. The Labute approximate surface area is 105 Å². The van der Waals surface area contributed by atoms with Gasteiger partial charge < -0.3 is 0 Å². The highest BCUT2D eigenvalue weighted by Gasteiger charge is 2.30. The van der Waals surface area contributed by atoms with Crippen molar-refractivity contribution in [1.29, 1.82) is 0 Å². The molecule has 0 heterocycles. The maximum Gasteiger partial charge on any atom is 0.123 e. The first kappa shape index (κ1) is 14.2. The van der Waals surface area contributed by atoms with Gasteiger partial charge in [-0.15, -0.1) is 0 Å². The molecule has 0 aliphatic heterocycles. The molecule has 0 amide bonds. The third-order valence-electron chi connectivity index (χ3n) is 3.32. The van der Waals surface area contributed by atoms with Crippen LogP contribution in [0.1, 0.15) is 47.1 Å². The minimum atomic E-state index is -0.437. The van der Waals surface area contributed by atoms with Crippen molar-refractivity contribution in [2.45, 2.75) is 52.7 Å². The Kier molecular flexibility index (Phi) is 4.34. The van der Waals surface area contributed by atoms with Crippen molar-refractivity contribution >= 4 is 0 Å². The molecule has 1 rings (SSSR count). The Morgan fingerprint density at radius 2 is 1.41 bits per heavy atom. The predicted molar refractivity (Wildman–Crippen MR) is 70.6 cm³/mol. The van der Waals surface area contributed by atoms with Gasteiger partial charge in [-0.05, 0) is 39.2 Å². The van der Waals surface area contributed by atoms with Gasteiger partial charge in [-0.25, -0.2) is 9.78 Å². The molecule has 0 saturated heterocycles. The van der Waals surface area contributed by atoms with Crippen LogP contribution in [0.4, 0.5) is 0 Å². The van der Waals surface area contributed by atoms with E-state index in [-0.39, 0.29) is 5.60 Å². The molecule has 0 saturated carbocycles. The fraction of sp³-hybridized carbons (Fsp3) is 0.600. The smallest absolute Gasteiger partial charge is 0.123 e. The molecule has 0 N–H and O–H groups in total. The quantitative estimate of drug-likeness (QED) is 0.560. The maximum absolute atomic E-state index is 5.64. The lowest BCUT2D eigenvalue weighted by Gasteiger charge is -2.33. The molecule has 0 radical (unpaired) electrons. The van der Waals surface area contributed by atoms with Gasteiger partial charge in [0.1, 0.15) is 11.2 Å². The van der Waals surface area contributed by atoms with Crippen LogP contribution >= 0.6 is 0 Å². The van der Waals surface area contributed by atoms with Crippen LogP contribution in [0.15, 0.2) is 30.3 Å². The Morgan fingerprint density at radius 1 is 0.882 bits per heavy atom. The van der Waals surface area contributed by atoms with E-state index in [1.807, 2.05) is 58.0 Å². The van der Waals surface area contributed by atoms with Gasteiger partial charge >= 0.3 is 0 Å². The third kappa shape index (κ3) is 3.83. The molecule has 0 spiro atoms. The lowest BCUT2D eigenvalue weighted by atomic mass is 9.95. The summed E-state index contributed by atoms with van der Waals surface area (Å²) in [6.07, 6.45) is 0. The fourth-order valence-electron chi connectivity index (χ4n) is 1.20. The second kappa shape index (κ2) is 5.19. The van der Waals surface area contributed by atoms with Gasteiger partial charge in [0, 0.05) is 0 Å². The lowest BCUT2D eigenvalue weighted by Crippen LogP contribution is -2.35. The van der Waals surface area contributed by atoms with Gasteiger partial charge in [0.15, 0.2) is 0 Å². The first-order valence-corrected chi connectivity index (χ1v) is 6.18. The van der Waals surface area contributed by atoms with E-state index in [9.17, 15) is 0 Å². The predicted octanol–water partition coefficient (Wildman–Crippen LogP) is 4.30. The summed E-state index contributed by atoms with van der Waals surface area (Å²) in [5.74, 6) is 0.397. The molecule has 2 heteroatoms. The third-order valence-corrected chi connectivity index (χ3v) is 3.32. The summed E-state index contributed by atoms with van der Waals surface area (Å²) in [4.78, 5) is 11.3. The minimum absolute atomic E-state index is 0.286. The van der Waals surface area contributed by atoms with Crippen molar-refractivity contribution < 1.29 is 9.78 Å². The SMILES string of the molecule is CC(C)C(C)(C)OOC(C)(C)c1ccccc1. The van der Waals surface area contributed by atoms with Crippen LogP contribution in [0.25, 0.3) is 0 Å². The van der Waals surface area contributed by atoms with Crippen LogP contribution in [-0.2, 0) is 15.4 Å². The van der Waals surface area contributed by atoms with Gasteiger partial charge in [-0.3, -0.25) is 0 Å². The molecule has 0 aliphatic carbocycles. The Morgan fingerprint density at radius 3 is 1.88 bits per heavy atom. The second-order valence-corrected chi connectivity index (χ2v) is 5.80. The molecule has 0 unspecified atom stereocenters. The molecule has 0 atom stereocenters. The highest BCUT2D eigenvalue weighted by Crippen LogP contribution is 2.29. The Bertz CT molecular complexity index is 339. The summed E-state index contributed by atoms with van der Waals surface area (Å²) in [5, 5.41) is 0. The van der Waals surface area contributed by atoms with Gasteiger partial charge in [0.05, 0.1) is 0 Å². The van der Waals surface area contributed by atoms with E-state index in [4.69, 9.17) is 9.78 Å². The van der Waals surface area contributed by atoms with Crippen LogP contribution < -0.4 is 0 Å². The van der Waals surface area contributed by atoms with Gasteiger partial charge in [-0.1, -0.05) is 44.2 Å². The van der Waals surface area contributed by atoms with Crippen molar-refractivity contribution in [2.24, 2.45) is 5.92 Å². The van der Waals surface area contributed by atoms with Crippen molar-refractivity contribution in [3.8, 4) is 0 Å². The molecule has 0 bridgehead atoms. The molecular formula is C15H24O2. The zero-order chi connectivity index (χ0) is 13.1. The molecule has 96 valence electrons. The Hall–Kier alpha value is -0.860. The fourth-order valence-corrected chi connectivity index (χ4v) is 1.20. The van der Waals surface area contributed by atoms with Crippen LogP contribution in [0, 0.1) is 5.92 Å². The average molecular weight is 236 g/mol. The summed E-state index contributed by atoms with van der Waals surface area (Å²) >= 11 is 0. The Balaban J connectivity index is 2.69. The molecular weight excluding hydrogens is 212 g/mol. The van der Waals surface area contributed by atoms with Crippen molar-refractivity contribution in [3.63, 3.8) is 0 Å². The standard InChI is InChI=1S/C15H24O2/c1-12(2)14(3,4)16-17-15(5,6)13-10-8-7-9-11-13/h7-12H,1-6H3. The van der Waals surface area contributed by atoms with E-state index in [2.05, 4.69) is 13.8 Å². The number of rotatable bonds is 5. The largest absolute Gasteiger partial charge is 0.229 e. The van der Waals surface area contributed by atoms with Crippen LogP contribution in [0.5, 0.6) is 0 Å². The van der Waals surface area contributed by atoms with Crippen molar-refractivity contribution in [1.82, 2.24) is 0 Å². The van der Waals surface area contributed by atoms with E-state index < -0.39 is 5.60 Å². The van der Waals surface area contributed by atoms with Gasteiger partial charge in [0.25, 0.3) is 0 Å². The van der Waals surface area contributed by atoms with Crippen LogP contribution in [0.2, 0.25) is 0 Å². The zero-order valence-electron chi connectivity index (χ0n) is 11.8. The van der Waals surface area contributed by atoms with E-state index in [1.54, 1.807) is 0 Å². The summed E-state index contributed by atoms with van der Waals surface area (Å²) in [7, 11) is 0. The molecule has 0 aliphatic rings. The summed E-state index contributed by atoms with van der Waals surface area (Å²) in [6.45, 7) is 12.4. The van der Waals surface area contributed by atoms with Crippen LogP contribution in [0.3, 0.4) is 0 Å². The van der Waals surface area contributed by atoms with E-state index in [1.165, 1.54) is 0 Å². The maximum atomic E-state index is 5.64. The average Bonchev–Trinajstić information content (AvgIpc) is 2.28. The van der Waals surface area contributed by atoms with Crippen molar-refractivity contribution in [2.75, 3.05) is 0 Å². The van der Waals surface area contributed by atoms with Crippen LogP contribution in [-0.4, -0.2) is 5.60 Å². The highest BCUT2D eigenvalue weighted by molar-refractivity contribution is 5.20. The van der Waals surface area contributed by atoms with Gasteiger partial charge in [-0.2, -0.15) is 0 Å². The van der Waals surface area contributed by atoms with Gasteiger partial charge in [0.2, 0.25) is 0 Å². The first-order valence-electron chi connectivity index (χ1n) is 6.18. The van der Waals surface area contributed by atoms with Crippen molar-refractivity contribution in [3.05, 3.63) is 35.9 Å². The zero-order valence-corrected chi connectivity index (χ0v) is 11.8. The summed E-state index contributed by atoms with van der Waals surface area (Å²) in [5.41, 5.74) is 0.388. The molecule has 1 aromatic carbocycles. The normalized spacial score (nSPS) is 13.1. The highest BCUT2D eigenvalue weighted by atomic mass is 17.2. The monoisotopic (exact) mass is 236 g/mol. The van der Waals surface area contributed by atoms with E-state index >= 15 is 0 Å². The molecule has 0 fully saturated rings. The number of benzene rings is 1. The number of hydrogen-bond acceptors (Lipinski definition) is 2. The molecule has 0 aromatic heterocycles.